The summed E-state index contributed by atoms with van der Waals surface area (Å²) < 4.78 is 39.3. The van der Waals surface area contributed by atoms with Crippen LogP contribution in [0.1, 0.15) is 23.3 Å². The smallest absolute Gasteiger partial charge is 0.411 e. The number of nitrogens with zero attached hydrogens (tertiary/aromatic N) is 2. The SMILES string of the molecule is O=C(NCCn1cnc(C(=O)O)c1)NC1(C(F)(F)F)CC1. The van der Waals surface area contributed by atoms with Crippen molar-refractivity contribution >= 4 is 12.0 Å². The quantitative estimate of drug-likeness (QED) is 0.755. The van der Waals surface area contributed by atoms with Gasteiger partial charge in [-0.3, -0.25) is 0 Å². The van der Waals surface area contributed by atoms with Crippen molar-refractivity contribution in [1.29, 1.82) is 0 Å². The maximum Gasteiger partial charge on any atom is 0.411 e. The number of aromatic nitrogens is 2. The first-order valence-electron chi connectivity index (χ1n) is 6.11. The van der Waals surface area contributed by atoms with Crippen LogP contribution < -0.4 is 10.6 Å². The van der Waals surface area contributed by atoms with Crippen LogP contribution in [0.4, 0.5) is 18.0 Å². The number of carboxylic acids is 1. The average Bonchev–Trinajstić information content (AvgIpc) is 2.99. The number of carboxylic acid groups (broad SMARTS) is 1. The van der Waals surface area contributed by atoms with E-state index in [9.17, 15) is 22.8 Å². The van der Waals surface area contributed by atoms with Gasteiger partial charge in [0.2, 0.25) is 0 Å². The Labute approximate surface area is 117 Å². The standard InChI is InChI=1S/C11H13F3N4O3/c12-11(13,14)10(1-2-10)17-9(21)15-3-4-18-5-7(8(19)20)16-6-18/h5-6H,1-4H2,(H,19,20)(H2,15,17,21). The molecule has 1 fully saturated rings. The minimum atomic E-state index is -4.45. The number of nitrogens with one attached hydrogen (secondary N) is 2. The Kier molecular flexibility index (Phi) is 3.79. The van der Waals surface area contributed by atoms with E-state index in [1.807, 2.05) is 5.32 Å². The third kappa shape index (κ3) is 3.44. The first-order valence-corrected chi connectivity index (χ1v) is 6.11. The zero-order chi connectivity index (χ0) is 15.7. The number of urea groups is 1. The lowest BCUT2D eigenvalue weighted by atomic mass is 10.2. The molecule has 3 N–H and O–H groups in total. The third-order valence-corrected chi connectivity index (χ3v) is 3.15. The summed E-state index contributed by atoms with van der Waals surface area (Å²) in [7, 11) is 0. The van der Waals surface area contributed by atoms with Crippen LogP contribution in [0.2, 0.25) is 0 Å². The van der Waals surface area contributed by atoms with Gasteiger partial charge in [0, 0.05) is 19.3 Å². The number of amides is 2. The first-order chi connectivity index (χ1) is 9.73. The molecule has 1 aromatic heterocycles. The predicted octanol–water partition coefficient (Wildman–Crippen LogP) is 0.975. The summed E-state index contributed by atoms with van der Waals surface area (Å²) >= 11 is 0. The molecule has 7 nitrogen and oxygen atoms in total. The zero-order valence-electron chi connectivity index (χ0n) is 10.8. The summed E-state index contributed by atoms with van der Waals surface area (Å²) in [4.78, 5) is 25.6. The van der Waals surface area contributed by atoms with Crippen molar-refractivity contribution in [3.05, 3.63) is 18.2 Å². The van der Waals surface area contributed by atoms with Crippen molar-refractivity contribution in [2.24, 2.45) is 0 Å². The monoisotopic (exact) mass is 306 g/mol. The maximum absolute atomic E-state index is 12.6. The lowest BCUT2D eigenvalue weighted by molar-refractivity contribution is -0.162. The van der Waals surface area contributed by atoms with Crippen LogP contribution >= 0.6 is 0 Å². The van der Waals surface area contributed by atoms with Crippen LogP contribution in [0.15, 0.2) is 12.5 Å². The number of carbonyl (C=O) groups excluding carboxylic acids is 1. The van der Waals surface area contributed by atoms with Gasteiger partial charge in [0.15, 0.2) is 5.69 Å². The van der Waals surface area contributed by atoms with E-state index < -0.39 is 23.7 Å². The minimum Gasteiger partial charge on any atom is -0.476 e. The number of hydrogen-bond donors (Lipinski definition) is 3. The fourth-order valence-electron chi connectivity index (χ4n) is 1.76. The summed E-state index contributed by atoms with van der Waals surface area (Å²) in [6.45, 7) is 0.252. The molecule has 2 rings (SSSR count). The van der Waals surface area contributed by atoms with Crippen molar-refractivity contribution in [3.63, 3.8) is 0 Å². The number of rotatable bonds is 5. The largest absolute Gasteiger partial charge is 0.476 e. The highest BCUT2D eigenvalue weighted by molar-refractivity contribution is 5.84. The molecule has 1 aliphatic rings. The molecule has 0 aromatic carbocycles. The summed E-state index contributed by atoms with van der Waals surface area (Å²) in [5.41, 5.74) is -2.24. The fourth-order valence-corrected chi connectivity index (χ4v) is 1.76. The lowest BCUT2D eigenvalue weighted by Crippen LogP contribution is -2.51. The molecule has 21 heavy (non-hydrogen) atoms. The molecule has 1 aliphatic carbocycles. The number of hydrogen-bond acceptors (Lipinski definition) is 3. The van der Waals surface area contributed by atoms with Gasteiger partial charge in [-0.05, 0) is 12.8 Å². The van der Waals surface area contributed by atoms with Gasteiger partial charge in [-0.25, -0.2) is 14.6 Å². The van der Waals surface area contributed by atoms with E-state index >= 15 is 0 Å². The maximum atomic E-state index is 12.6. The van der Waals surface area contributed by atoms with E-state index in [2.05, 4.69) is 10.3 Å². The summed E-state index contributed by atoms with van der Waals surface area (Å²) in [5.74, 6) is -1.18. The molecule has 1 heterocycles. The molecule has 0 spiro atoms. The molecular weight excluding hydrogens is 293 g/mol. The van der Waals surface area contributed by atoms with Crippen LogP contribution in [0, 0.1) is 0 Å². The molecule has 0 bridgehead atoms. The fraction of sp³-hybridized carbons (Fsp3) is 0.545. The van der Waals surface area contributed by atoms with Crippen molar-refractivity contribution in [2.45, 2.75) is 31.1 Å². The van der Waals surface area contributed by atoms with E-state index in [0.717, 1.165) is 0 Å². The van der Waals surface area contributed by atoms with Gasteiger partial charge in [0.1, 0.15) is 5.54 Å². The molecule has 10 heteroatoms. The Morgan fingerprint density at radius 2 is 2.10 bits per heavy atom. The second-order valence-electron chi connectivity index (χ2n) is 4.76. The van der Waals surface area contributed by atoms with Crippen molar-refractivity contribution in [3.8, 4) is 0 Å². The summed E-state index contributed by atoms with van der Waals surface area (Å²) in [6, 6.07) is -0.900. The number of alkyl halides is 3. The first kappa shape index (κ1) is 15.1. The Balaban J connectivity index is 1.76. The Morgan fingerprint density at radius 3 is 2.57 bits per heavy atom. The van der Waals surface area contributed by atoms with Gasteiger partial charge in [-0.1, -0.05) is 0 Å². The van der Waals surface area contributed by atoms with Crippen LogP contribution in [-0.4, -0.2) is 44.9 Å². The van der Waals surface area contributed by atoms with E-state index in [1.165, 1.54) is 17.1 Å². The van der Waals surface area contributed by atoms with Gasteiger partial charge < -0.3 is 20.3 Å². The number of imidazole rings is 1. The van der Waals surface area contributed by atoms with E-state index in [-0.39, 0.29) is 31.6 Å². The molecule has 0 saturated heterocycles. The molecule has 0 aliphatic heterocycles. The molecule has 1 saturated carbocycles. The van der Waals surface area contributed by atoms with Gasteiger partial charge in [0.25, 0.3) is 0 Å². The Hall–Kier alpha value is -2.26. The number of aromatic carboxylic acids is 1. The number of carbonyl (C=O) groups is 2. The Morgan fingerprint density at radius 1 is 1.43 bits per heavy atom. The summed E-state index contributed by atoms with van der Waals surface area (Å²) in [6.07, 6.45) is -2.16. The molecule has 0 atom stereocenters. The highest BCUT2D eigenvalue weighted by Gasteiger charge is 2.64. The normalized spacial score (nSPS) is 16.3. The molecule has 2 amide bonds. The van der Waals surface area contributed by atoms with Gasteiger partial charge >= 0.3 is 18.2 Å². The van der Waals surface area contributed by atoms with Gasteiger partial charge in [-0.2, -0.15) is 13.2 Å². The highest BCUT2D eigenvalue weighted by Crippen LogP contribution is 2.48. The van der Waals surface area contributed by atoms with Crippen LogP contribution in [0.5, 0.6) is 0 Å². The van der Waals surface area contributed by atoms with E-state index in [0.29, 0.717) is 0 Å². The zero-order valence-corrected chi connectivity index (χ0v) is 10.8. The van der Waals surface area contributed by atoms with Crippen molar-refractivity contribution < 1.29 is 27.9 Å². The molecule has 0 radical (unpaired) electrons. The van der Waals surface area contributed by atoms with Crippen molar-refractivity contribution in [1.82, 2.24) is 20.2 Å². The minimum absolute atomic E-state index is 0.0508. The van der Waals surface area contributed by atoms with E-state index in [1.54, 1.807) is 0 Å². The van der Waals surface area contributed by atoms with Gasteiger partial charge in [-0.15, -0.1) is 0 Å². The van der Waals surface area contributed by atoms with Crippen LogP contribution in [0.25, 0.3) is 0 Å². The second kappa shape index (κ2) is 5.26. The molecule has 1 aromatic rings. The number of halogens is 3. The lowest BCUT2D eigenvalue weighted by Gasteiger charge is -2.20. The predicted molar refractivity (Wildman–Crippen MR) is 63.7 cm³/mol. The Bertz CT molecular complexity index is 551. The topological polar surface area (TPSA) is 96.2 Å². The van der Waals surface area contributed by atoms with Crippen LogP contribution in [0.3, 0.4) is 0 Å². The van der Waals surface area contributed by atoms with Crippen LogP contribution in [-0.2, 0) is 6.54 Å². The summed E-state index contributed by atoms with van der Waals surface area (Å²) in [5, 5.41) is 12.9. The third-order valence-electron chi connectivity index (χ3n) is 3.15. The molecule has 116 valence electrons. The molecule has 0 unspecified atom stereocenters. The van der Waals surface area contributed by atoms with Gasteiger partial charge in [0.05, 0.1) is 6.33 Å². The molecular formula is C11H13F3N4O3. The average molecular weight is 306 g/mol. The van der Waals surface area contributed by atoms with Crippen molar-refractivity contribution in [2.75, 3.05) is 6.54 Å². The second-order valence-corrected chi connectivity index (χ2v) is 4.76. The highest BCUT2D eigenvalue weighted by atomic mass is 19.4. The van der Waals surface area contributed by atoms with E-state index in [4.69, 9.17) is 5.11 Å².